The Balaban J connectivity index is 5.15. The SMILES string of the molecule is CC(C)[C@H](C(=O)NCC(N)=O)N(C(=O)CNC=O)N(C)C. The third-order valence-electron chi connectivity index (χ3n) is 2.62. The highest BCUT2D eigenvalue weighted by atomic mass is 16.2. The number of hydrazine groups is 1. The molecule has 0 aliphatic carbocycles. The maximum atomic E-state index is 12.2. The Morgan fingerprint density at radius 2 is 1.76 bits per heavy atom. The van der Waals surface area contributed by atoms with Crippen LogP contribution in [-0.2, 0) is 19.2 Å². The van der Waals surface area contributed by atoms with Crippen molar-refractivity contribution in [3.05, 3.63) is 0 Å². The monoisotopic (exact) mass is 301 g/mol. The summed E-state index contributed by atoms with van der Waals surface area (Å²) in [6.45, 7) is 3.01. The quantitative estimate of drug-likeness (QED) is 0.325. The van der Waals surface area contributed by atoms with Crippen LogP contribution >= 0.6 is 0 Å². The predicted octanol–water partition coefficient (Wildman–Crippen LogP) is -2.34. The molecule has 120 valence electrons. The molecule has 0 rings (SSSR count). The van der Waals surface area contributed by atoms with Crippen molar-refractivity contribution >= 4 is 24.1 Å². The maximum Gasteiger partial charge on any atom is 0.256 e. The Labute approximate surface area is 123 Å². The van der Waals surface area contributed by atoms with Crippen LogP contribution in [0, 0.1) is 5.92 Å². The fourth-order valence-corrected chi connectivity index (χ4v) is 1.81. The van der Waals surface area contributed by atoms with Gasteiger partial charge < -0.3 is 16.4 Å². The van der Waals surface area contributed by atoms with Crippen LogP contribution < -0.4 is 16.4 Å². The van der Waals surface area contributed by atoms with Crippen LogP contribution in [0.25, 0.3) is 0 Å². The van der Waals surface area contributed by atoms with E-state index in [9.17, 15) is 19.2 Å². The zero-order chi connectivity index (χ0) is 16.6. The molecule has 9 heteroatoms. The summed E-state index contributed by atoms with van der Waals surface area (Å²) in [5.41, 5.74) is 4.98. The fraction of sp³-hybridized carbons (Fsp3) is 0.667. The lowest BCUT2D eigenvalue weighted by atomic mass is 10.0. The number of nitrogens with zero attached hydrogens (tertiary/aromatic N) is 2. The molecule has 0 aromatic carbocycles. The van der Waals surface area contributed by atoms with Crippen molar-refractivity contribution in [3.63, 3.8) is 0 Å². The molecule has 21 heavy (non-hydrogen) atoms. The van der Waals surface area contributed by atoms with Crippen molar-refractivity contribution in [2.24, 2.45) is 11.7 Å². The number of primary amides is 1. The Morgan fingerprint density at radius 1 is 1.19 bits per heavy atom. The van der Waals surface area contributed by atoms with Gasteiger partial charge in [0.25, 0.3) is 5.91 Å². The van der Waals surface area contributed by atoms with Crippen molar-refractivity contribution in [1.82, 2.24) is 20.7 Å². The third kappa shape index (κ3) is 6.21. The standard InChI is InChI=1S/C12H23N5O4/c1-8(2)11(12(21)15-5-9(13)19)17(16(3)4)10(20)6-14-7-18/h7-8,11H,5-6H2,1-4H3,(H2,13,19)(H,14,18)(H,15,21)/t11-/m1/s1. The van der Waals surface area contributed by atoms with Gasteiger partial charge in [0.05, 0.1) is 13.1 Å². The number of hydrogen-bond acceptors (Lipinski definition) is 5. The molecule has 4 amide bonds. The Morgan fingerprint density at radius 3 is 2.14 bits per heavy atom. The topological polar surface area (TPSA) is 125 Å². The van der Waals surface area contributed by atoms with Crippen LogP contribution in [0.2, 0.25) is 0 Å². The largest absolute Gasteiger partial charge is 0.368 e. The third-order valence-corrected chi connectivity index (χ3v) is 2.62. The van der Waals surface area contributed by atoms with E-state index in [0.717, 1.165) is 0 Å². The second kappa shape index (κ2) is 8.90. The Kier molecular flexibility index (Phi) is 7.99. The van der Waals surface area contributed by atoms with E-state index in [4.69, 9.17) is 5.73 Å². The van der Waals surface area contributed by atoms with Gasteiger partial charge in [0.1, 0.15) is 6.04 Å². The fourth-order valence-electron chi connectivity index (χ4n) is 1.81. The first-order valence-corrected chi connectivity index (χ1v) is 6.44. The number of rotatable bonds is 9. The second-order valence-electron chi connectivity index (χ2n) is 4.96. The van der Waals surface area contributed by atoms with Gasteiger partial charge in [0.2, 0.25) is 18.2 Å². The number of nitrogens with two attached hydrogens (primary N) is 1. The van der Waals surface area contributed by atoms with E-state index in [1.54, 1.807) is 27.9 Å². The van der Waals surface area contributed by atoms with Crippen molar-refractivity contribution in [2.75, 3.05) is 27.2 Å². The summed E-state index contributed by atoms with van der Waals surface area (Å²) >= 11 is 0. The minimum absolute atomic E-state index is 0.208. The Bertz CT molecular complexity index is 397. The molecule has 0 unspecified atom stereocenters. The Hall–Kier alpha value is -2.16. The molecule has 0 aliphatic heterocycles. The molecule has 0 heterocycles. The van der Waals surface area contributed by atoms with Gasteiger partial charge in [0.15, 0.2) is 0 Å². The maximum absolute atomic E-state index is 12.2. The average molecular weight is 301 g/mol. The van der Waals surface area contributed by atoms with Crippen molar-refractivity contribution in [2.45, 2.75) is 19.9 Å². The van der Waals surface area contributed by atoms with E-state index >= 15 is 0 Å². The van der Waals surface area contributed by atoms with Gasteiger partial charge in [-0.2, -0.15) is 0 Å². The summed E-state index contributed by atoms with van der Waals surface area (Å²) in [5.74, 6) is -1.81. The highest BCUT2D eigenvalue weighted by molar-refractivity contribution is 5.90. The van der Waals surface area contributed by atoms with E-state index in [1.807, 2.05) is 0 Å². The lowest BCUT2D eigenvalue weighted by Gasteiger charge is -2.37. The van der Waals surface area contributed by atoms with Crippen molar-refractivity contribution in [1.29, 1.82) is 0 Å². The summed E-state index contributed by atoms with van der Waals surface area (Å²) in [5, 5.41) is 7.34. The van der Waals surface area contributed by atoms with Gasteiger partial charge in [-0.1, -0.05) is 13.8 Å². The summed E-state index contributed by atoms with van der Waals surface area (Å²) < 4.78 is 0. The molecule has 0 saturated heterocycles. The number of hydrogen-bond donors (Lipinski definition) is 3. The summed E-state index contributed by atoms with van der Waals surface area (Å²) in [6, 6.07) is -0.819. The van der Waals surface area contributed by atoms with Crippen LogP contribution in [0.3, 0.4) is 0 Å². The lowest BCUT2D eigenvalue weighted by molar-refractivity contribution is -0.158. The van der Waals surface area contributed by atoms with Crippen molar-refractivity contribution < 1.29 is 19.2 Å². The van der Waals surface area contributed by atoms with E-state index in [0.29, 0.717) is 6.41 Å². The number of carbonyl (C=O) groups is 4. The average Bonchev–Trinajstić information content (AvgIpc) is 2.38. The zero-order valence-corrected chi connectivity index (χ0v) is 12.8. The van der Waals surface area contributed by atoms with E-state index < -0.39 is 23.8 Å². The van der Waals surface area contributed by atoms with Crippen LogP contribution in [0.15, 0.2) is 0 Å². The van der Waals surface area contributed by atoms with Gasteiger partial charge in [0, 0.05) is 14.1 Å². The molecular formula is C12H23N5O4. The molecule has 0 radical (unpaired) electrons. The molecule has 0 aliphatic rings. The van der Waals surface area contributed by atoms with Crippen LogP contribution in [0.5, 0.6) is 0 Å². The molecule has 0 spiro atoms. The molecule has 0 bridgehead atoms. The van der Waals surface area contributed by atoms with Crippen LogP contribution in [-0.4, -0.2) is 67.4 Å². The first kappa shape index (κ1) is 18.8. The van der Waals surface area contributed by atoms with Gasteiger partial charge in [-0.15, -0.1) is 0 Å². The molecule has 0 aromatic heterocycles. The van der Waals surface area contributed by atoms with E-state index in [-0.39, 0.29) is 19.0 Å². The smallest absolute Gasteiger partial charge is 0.256 e. The summed E-state index contributed by atoms with van der Waals surface area (Å²) in [6.07, 6.45) is 0.406. The summed E-state index contributed by atoms with van der Waals surface area (Å²) in [4.78, 5) is 45.3. The molecule has 4 N–H and O–H groups in total. The van der Waals surface area contributed by atoms with Gasteiger partial charge in [-0.3, -0.25) is 24.2 Å². The number of carbonyl (C=O) groups excluding carboxylic acids is 4. The molecule has 9 nitrogen and oxygen atoms in total. The van der Waals surface area contributed by atoms with Crippen molar-refractivity contribution in [3.8, 4) is 0 Å². The van der Waals surface area contributed by atoms with Gasteiger partial charge >= 0.3 is 0 Å². The molecular weight excluding hydrogens is 278 g/mol. The van der Waals surface area contributed by atoms with E-state index in [2.05, 4.69) is 10.6 Å². The van der Waals surface area contributed by atoms with Gasteiger partial charge in [-0.25, -0.2) is 5.01 Å². The highest BCUT2D eigenvalue weighted by Crippen LogP contribution is 2.13. The molecule has 0 fully saturated rings. The normalized spacial score (nSPS) is 11.9. The predicted molar refractivity (Wildman–Crippen MR) is 75.4 cm³/mol. The minimum atomic E-state index is -0.819. The second-order valence-corrected chi connectivity index (χ2v) is 4.96. The first-order chi connectivity index (χ1) is 9.72. The highest BCUT2D eigenvalue weighted by Gasteiger charge is 2.33. The molecule has 1 atom stereocenters. The first-order valence-electron chi connectivity index (χ1n) is 6.44. The van der Waals surface area contributed by atoms with Crippen LogP contribution in [0.1, 0.15) is 13.8 Å². The van der Waals surface area contributed by atoms with Crippen LogP contribution in [0.4, 0.5) is 0 Å². The minimum Gasteiger partial charge on any atom is -0.368 e. The zero-order valence-electron chi connectivity index (χ0n) is 12.8. The molecule has 0 saturated carbocycles. The number of amides is 4. The van der Waals surface area contributed by atoms with E-state index in [1.165, 1.54) is 10.0 Å². The lowest BCUT2D eigenvalue weighted by Crippen LogP contribution is -2.59. The van der Waals surface area contributed by atoms with Gasteiger partial charge in [-0.05, 0) is 5.92 Å². The number of nitrogens with one attached hydrogen (secondary N) is 2. The summed E-state index contributed by atoms with van der Waals surface area (Å²) in [7, 11) is 3.21. The molecule has 0 aromatic rings.